The second-order valence-corrected chi connectivity index (χ2v) is 8.06. The molecule has 5 heteroatoms. The summed E-state index contributed by atoms with van der Waals surface area (Å²) in [4.78, 5) is 25.0. The number of halogens is 1. The number of hydrogen-bond acceptors (Lipinski definition) is 2. The van der Waals surface area contributed by atoms with Gasteiger partial charge >= 0.3 is 0 Å². The molecule has 1 heterocycles. The van der Waals surface area contributed by atoms with Crippen LogP contribution in [0.2, 0.25) is 5.02 Å². The van der Waals surface area contributed by atoms with Crippen molar-refractivity contribution in [1.82, 2.24) is 4.57 Å². The Morgan fingerprint density at radius 3 is 2.41 bits per heavy atom. The van der Waals surface area contributed by atoms with Crippen LogP contribution < -0.4 is 5.73 Å². The van der Waals surface area contributed by atoms with E-state index in [0.29, 0.717) is 28.3 Å². The molecule has 0 aliphatic heterocycles. The van der Waals surface area contributed by atoms with Crippen LogP contribution in [-0.4, -0.2) is 16.3 Å². The van der Waals surface area contributed by atoms with E-state index in [9.17, 15) is 9.59 Å². The van der Waals surface area contributed by atoms with Gasteiger partial charge in [-0.2, -0.15) is 0 Å². The number of primary amides is 1. The zero-order valence-corrected chi connectivity index (χ0v) is 17.8. The first-order valence-corrected chi connectivity index (χ1v) is 10.5. The molecule has 0 unspecified atom stereocenters. The number of ketones is 1. The molecule has 1 amide bonds. The van der Waals surface area contributed by atoms with Crippen molar-refractivity contribution in [1.29, 1.82) is 0 Å². The molecule has 0 aliphatic rings. The van der Waals surface area contributed by atoms with Crippen molar-refractivity contribution in [3.63, 3.8) is 0 Å². The Bertz CT molecular complexity index is 1500. The molecule has 0 atom stereocenters. The fourth-order valence-electron chi connectivity index (χ4n) is 4.16. The molecule has 0 saturated carbocycles. The standard InChI is InChI=1S/C27H18ClN2O2/c28-20-12-13-21-24(15-20)30(23-11-5-10-22(25(21)23)27(29)32)16-17-6-4-9-19(14-17)26(31)18-7-2-1-3-8-18/h1-12,14-15H,16H2,(H2,29,32). The van der Waals surface area contributed by atoms with Gasteiger partial charge in [0.25, 0.3) is 0 Å². The van der Waals surface area contributed by atoms with Crippen molar-refractivity contribution in [2.75, 3.05) is 0 Å². The molecule has 1 radical (unpaired) electrons. The summed E-state index contributed by atoms with van der Waals surface area (Å²) in [5.41, 5.74) is 10.0. The van der Waals surface area contributed by atoms with Gasteiger partial charge in [0.2, 0.25) is 5.91 Å². The van der Waals surface area contributed by atoms with Gasteiger partial charge in [-0.3, -0.25) is 9.59 Å². The summed E-state index contributed by atoms with van der Waals surface area (Å²) in [5, 5.41) is 2.09. The van der Waals surface area contributed by atoms with Crippen LogP contribution in [0.5, 0.6) is 0 Å². The van der Waals surface area contributed by atoms with Crippen LogP contribution in [0, 0.1) is 6.07 Å². The Hall–Kier alpha value is -3.89. The largest absolute Gasteiger partial charge is 0.366 e. The third kappa shape index (κ3) is 3.45. The Kier molecular flexibility index (Phi) is 5.00. The van der Waals surface area contributed by atoms with Crippen molar-refractivity contribution < 1.29 is 9.59 Å². The quantitative estimate of drug-likeness (QED) is 0.362. The second-order valence-electron chi connectivity index (χ2n) is 7.62. The normalized spacial score (nSPS) is 11.2. The minimum atomic E-state index is -0.492. The molecule has 4 nitrogen and oxygen atoms in total. The average molecular weight is 438 g/mol. The molecule has 0 spiro atoms. The van der Waals surface area contributed by atoms with Crippen LogP contribution in [0.15, 0.2) is 84.9 Å². The highest BCUT2D eigenvalue weighted by Gasteiger charge is 2.17. The molecule has 5 rings (SSSR count). The van der Waals surface area contributed by atoms with E-state index in [1.54, 1.807) is 12.1 Å². The summed E-state index contributed by atoms with van der Waals surface area (Å²) >= 11 is 6.28. The van der Waals surface area contributed by atoms with Crippen molar-refractivity contribution in [2.24, 2.45) is 5.73 Å². The fourth-order valence-corrected chi connectivity index (χ4v) is 4.31. The van der Waals surface area contributed by atoms with Crippen molar-refractivity contribution in [3.05, 3.63) is 118 Å². The lowest BCUT2D eigenvalue weighted by Crippen LogP contribution is -2.11. The predicted molar refractivity (Wildman–Crippen MR) is 127 cm³/mol. The van der Waals surface area contributed by atoms with Gasteiger partial charge in [-0.25, -0.2) is 0 Å². The van der Waals surface area contributed by atoms with Gasteiger partial charge in [-0.15, -0.1) is 0 Å². The van der Waals surface area contributed by atoms with E-state index in [1.807, 2.05) is 72.8 Å². The number of benzene rings is 4. The van der Waals surface area contributed by atoms with Crippen LogP contribution in [-0.2, 0) is 6.54 Å². The molecule has 0 bridgehead atoms. The van der Waals surface area contributed by atoms with Crippen molar-refractivity contribution in [2.45, 2.75) is 6.54 Å². The Labute approximate surface area is 189 Å². The number of fused-ring (bicyclic) bond motifs is 3. The van der Waals surface area contributed by atoms with Gasteiger partial charge < -0.3 is 10.3 Å². The number of rotatable bonds is 5. The van der Waals surface area contributed by atoms with E-state index in [1.165, 1.54) is 0 Å². The summed E-state index contributed by atoms with van der Waals surface area (Å²) < 4.78 is 2.07. The summed E-state index contributed by atoms with van der Waals surface area (Å²) in [5.74, 6) is -0.518. The molecule has 0 saturated heterocycles. The van der Waals surface area contributed by atoms with E-state index in [0.717, 1.165) is 27.4 Å². The zero-order chi connectivity index (χ0) is 22.2. The molecule has 1 aromatic heterocycles. The highest BCUT2D eigenvalue weighted by atomic mass is 35.5. The third-order valence-corrected chi connectivity index (χ3v) is 5.81. The lowest BCUT2D eigenvalue weighted by Gasteiger charge is -2.10. The lowest BCUT2D eigenvalue weighted by atomic mass is 10.0. The van der Waals surface area contributed by atoms with Crippen LogP contribution in [0.25, 0.3) is 21.8 Å². The summed E-state index contributed by atoms with van der Waals surface area (Å²) in [6.45, 7) is 0.492. The first-order valence-electron chi connectivity index (χ1n) is 10.1. The van der Waals surface area contributed by atoms with Crippen LogP contribution >= 0.6 is 11.6 Å². The van der Waals surface area contributed by atoms with Gasteiger partial charge in [-0.05, 0) is 42.0 Å². The monoisotopic (exact) mass is 437 g/mol. The number of carbonyl (C=O) groups excluding carboxylic acids is 2. The highest BCUT2D eigenvalue weighted by Crippen LogP contribution is 2.33. The van der Waals surface area contributed by atoms with Gasteiger partial charge in [0, 0.05) is 39.0 Å². The highest BCUT2D eigenvalue weighted by molar-refractivity contribution is 6.31. The number of amides is 1. The van der Waals surface area contributed by atoms with Gasteiger partial charge in [0.15, 0.2) is 5.78 Å². The average Bonchev–Trinajstić information content (AvgIpc) is 3.12. The lowest BCUT2D eigenvalue weighted by molar-refractivity contribution is 0.1000. The molecule has 0 fully saturated rings. The second kappa shape index (κ2) is 7.98. The van der Waals surface area contributed by atoms with E-state index >= 15 is 0 Å². The van der Waals surface area contributed by atoms with Crippen molar-refractivity contribution in [3.8, 4) is 0 Å². The number of hydrogen-bond donors (Lipinski definition) is 1. The van der Waals surface area contributed by atoms with Crippen LogP contribution in [0.4, 0.5) is 0 Å². The Balaban J connectivity index is 1.65. The number of nitrogens with zero attached hydrogens (tertiary/aromatic N) is 1. The SMILES string of the molecule is NC(=O)c1cccc2c1c1[c]cc(Cl)cc1n2Cc1cccc(C(=O)c2ccccc2)c1. The Morgan fingerprint density at radius 2 is 1.62 bits per heavy atom. The molecule has 4 aromatic carbocycles. The predicted octanol–water partition coefficient (Wildman–Crippen LogP) is 5.63. The Morgan fingerprint density at radius 1 is 0.875 bits per heavy atom. The summed E-state index contributed by atoms with van der Waals surface area (Å²) in [6, 6.07) is 29.0. The smallest absolute Gasteiger partial charge is 0.249 e. The maximum atomic E-state index is 12.9. The zero-order valence-electron chi connectivity index (χ0n) is 17.0. The minimum Gasteiger partial charge on any atom is -0.366 e. The van der Waals surface area contributed by atoms with Gasteiger partial charge in [-0.1, -0.05) is 66.2 Å². The van der Waals surface area contributed by atoms with E-state index < -0.39 is 5.91 Å². The number of nitrogens with two attached hydrogens (primary N) is 1. The summed E-state index contributed by atoms with van der Waals surface area (Å²) in [7, 11) is 0. The molecule has 2 N–H and O–H groups in total. The molecule has 32 heavy (non-hydrogen) atoms. The molecule has 5 aromatic rings. The molecular weight excluding hydrogens is 420 g/mol. The molecule has 155 valence electrons. The third-order valence-electron chi connectivity index (χ3n) is 5.59. The first-order chi connectivity index (χ1) is 15.5. The topological polar surface area (TPSA) is 65.1 Å². The maximum absolute atomic E-state index is 12.9. The minimum absolute atomic E-state index is 0.0259. The van der Waals surface area contributed by atoms with E-state index in [4.69, 9.17) is 17.3 Å². The van der Waals surface area contributed by atoms with Gasteiger partial charge in [0.1, 0.15) is 0 Å². The molecular formula is C27H18ClN2O2. The first kappa shape index (κ1) is 20.0. The number of carbonyl (C=O) groups is 2. The van der Waals surface area contributed by atoms with Crippen LogP contribution in [0.3, 0.4) is 0 Å². The number of aromatic nitrogens is 1. The maximum Gasteiger partial charge on any atom is 0.249 e. The molecule has 0 aliphatic carbocycles. The van der Waals surface area contributed by atoms with Crippen molar-refractivity contribution >= 4 is 45.1 Å². The van der Waals surface area contributed by atoms with Gasteiger partial charge in [0.05, 0.1) is 11.0 Å². The summed E-state index contributed by atoms with van der Waals surface area (Å²) in [6.07, 6.45) is 0. The van der Waals surface area contributed by atoms with E-state index in [2.05, 4.69) is 10.6 Å². The van der Waals surface area contributed by atoms with Crippen LogP contribution in [0.1, 0.15) is 31.8 Å². The fraction of sp³-hybridized carbons (Fsp3) is 0.0370. The van der Waals surface area contributed by atoms with E-state index in [-0.39, 0.29) is 5.78 Å².